The molecule has 7 aromatic rings. The Bertz CT molecular complexity index is 2190. The number of fused-ring (bicyclic) bond motifs is 3. The van der Waals surface area contributed by atoms with Crippen molar-refractivity contribution in [2.75, 3.05) is 0 Å². The molecule has 0 fully saturated rings. The van der Waals surface area contributed by atoms with E-state index >= 15 is 0 Å². The molecule has 0 saturated carbocycles. The Morgan fingerprint density at radius 3 is 2.33 bits per heavy atom. The van der Waals surface area contributed by atoms with Crippen LogP contribution in [-0.2, 0) is 26.5 Å². The molecular formula is C40H35IrN3O-2. The van der Waals surface area contributed by atoms with Gasteiger partial charge in [0.05, 0.1) is 11.3 Å². The van der Waals surface area contributed by atoms with E-state index in [1.165, 1.54) is 12.3 Å². The van der Waals surface area contributed by atoms with Gasteiger partial charge in [0, 0.05) is 50.3 Å². The molecule has 3 aromatic carbocycles. The van der Waals surface area contributed by atoms with E-state index in [9.17, 15) is 0 Å². The van der Waals surface area contributed by atoms with Crippen molar-refractivity contribution < 1.29 is 31.4 Å². The number of nitrogens with zero attached hydrogens (tertiary/aromatic N) is 3. The Morgan fingerprint density at radius 1 is 0.800 bits per heavy atom. The van der Waals surface area contributed by atoms with Crippen LogP contribution in [0.1, 0.15) is 43.0 Å². The third-order valence-electron chi connectivity index (χ3n) is 7.29. The molecule has 45 heavy (non-hydrogen) atoms. The Balaban J connectivity index is 0.000000315. The van der Waals surface area contributed by atoms with Crippen LogP contribution >= 0.6 is 0 Å². The first-order chi connectivity index (χ1) is 23.4. The molecule has 0 aliphatic carbocycles. The summed E-state index contributed by atoms with van der Waals surface area (Å²) in [7, 11) is 0. The second kappa shape index (κ2) is 14.1. The van der Waals surface area contributed by atoms with Gasteiger partial charge in [-0.05, 0) is 79.3 Å². The molecule has 0 aliphatic rings. The second-order valence-corrected chi connectivity index (χ2v) is 10.9. The van der Waals surface area contributed by atoms with E-state index in [0.29, 0.717) is 22.6 Å². The molecule has 0 atom stereocenters. The molecule has 0 aliphatic heterocycles. The fourth-order valence-corrected chi connectivity index (χ4v) is 5.27. The molecule has 0 amide bonds. The first-order valence-corrected chi connectivity index (χ1v) is 14.6. The zero-order chi connectivity index (χ0) is 34.9. The SMILES string of the molecule is [2H]C([2H])([2H])c1cnc(-c2[c-]ccc3c2oc2nc(-c4c(C)cccc4C)ccc23)cc1C([2H])([2H])C(C)C.[Ir].[c-]1ccccc1-c1ccccn1. The van der Waals surface area contributed by atoms with Gasteiger partial charge in [0.2, 0.25) is 5.71 Å². The molecule has 0 spiro atoms. The average Bonchev–Trinajstić information content (AvgIpc) is 3.47. The molecular weight excluding hydrogens is 731 g/mol. The molecule has 5 heteroatoms. The molecule has 0 unspecified atom stereocenters. The largest absolute Gasteiger partial charge is 0.486 e. The van der Waals surface area contributed by atoms with Crippen molar-refractivity contribution in [3.8, 4) is 33.8 Å². The van der Waals surface area contributed by atoms with Crippen LogP contribution in [0.25, 0.3) is 55.8 Å². The number of pyridine rings is 3. The molecule has 4 heterocycles. The van der Waals surface area contributed by atoms with Gasteiger partial charge in [0.1, 0.15) is 0 Å². The number of aromatic nitrogens is 3. The van der Waals surface area contributed by atoms with Gasteiger partial charge in [-0.2, -0.15) is 0 Å². The summed E-state index contributed by atoms with van der Waals surface area (Å²) in [5, 5.41) is 1.68. The van der Waals surface area contributed by atoms with Gasteiger partial charge in [-0.3, -0.25) is 0 Å². The predicted molar refractivity (Wildman–Crippen MR) is 180 cm³/mol. The van der Waals surface area contributed by atoms with Gasteiger partial charge in [-0.1, -0.05) is 66.8 Å². The van der Waals surface area contributed by atoms with Crippen molar-refractivity contribution in [3.63, 3.8) is 0 Å². The summed E-state index contributed by atoms with van der Waals surface area (Å²) in [4.78, 5) is 13.5. The van der Waals surface area contributed by atoms with Crippen molar-refractivity contribution in [2.24, 2.45) is 5.92 Å². The van der Waals surface area contributed by atoms with Gasteiger partial charge in [-0.15, -0.1) is 54.1 Å². The van der Waals surface area contributed by atoms with Crippen LogP contribution < -0.4 is 0 Å². The fraction of sp³-hybridized carbons (Fsp3) is 0.175. The smallest absolute Gasteiger partial charge is 0.216 e. The normalized spacial score (nSPS) is 13.1. The molecule has 0 N–H and O–H groups in total. The van der Waals surface area contributed by atoms with E-state index < -0.39 is 19.1 Å². The fourth-order valence-electron chi connectivity index (χ4n) is 5.27. The minimum absolute atomic E-state index is 0. The minimum atomic E-state index is -2.49. The van der Waals surface area contributed by atoms with Crippen molar-refractivity contribution in [2.45, 2.75) is 40.9 Å². The second-order valence-electron chi connectivity index (χ2n) is 10.9. The van der Waals surface area contributed by atoms with E-state index in [-0.39, 0.29) is 31.2 Å². The molecule has 0 saturated heterocycles. The van der Waals surface area contributed by atoms with Crippen LogP contribution in [-0.4, -0.2) is 15.0 Å². The van der Waals surface area contributed by atoms with E-state index in [1.807, 2.05) is 66.7 Å². The Labute approximate surface area is 286 Å². The summed E-state index contributed by atoms with van der Waals surface area (Å²) in [5.41, 5.74) is 8.09. The number of rotatable bonds is 5. The standard InChI is InChI=1S/C29H27N2O.C11H8N.Ir/c1-17(2)14-21-15-26(30-16-20(21)5)24-11-7-10-22-23-12-13-25(31-29(23)32-28(22)24)27-18(3)8-6-9-19(27)4;1-2-6-10(7-3-1)11-8-4-5-9-12-11;/h6-10,12-13,15-17H,14H2,1-5H3;1-6,8-9H;/q2*-1;/i5D3,14D2;;. The number of furan rings is 1. The predicted octanol–water partition coefficient (Wildman–Crippen LogP) is 10.2. The van der Waals surface area contributed by atoms with Crippen molar-refractivity contribution >= 4 is 22.1 Å². The number of hydrogen-bond acceptors (Lipinski definition) is 4. The molecule has 1 radical (unpaired) electrons. The maximum Gasteiger partial charge on any atom is 0.216 e. The van der Waals surface area contributed by atoms with Crippen molar-refractivity contribution in [1.82, 2.24) is 15.0 Å². The Hall–Kier alpha value is -4.44. The topological polar surface area (TPSA) is 51.8 Å². The van der Waals surface area contributed by atoms with Crippen LogP contribution in [0.2, 0.25) is 0 Å². The van der Waals surface area contributed by atoms with E-state index in [4.69, 9.17) is 16.3 Å². The molecule has 227 valence electrons. The number of benzene rings is 3. The van der Waals surface area contributed by atoms with Crippen LogP contribution in [0.5, 0.6) is 0 Å². The number of aryl methyl sites for hydroxylation is 3. The maximum absolute atomic E-state index is 8.64. The van der Waals surface area contributed by atoms with Gasteiger partial charge in [0.15, 0.2) is 0 Å². The maximum atomic E-state index is 8.64. The van der Waals surface area contributed by atoms with Crippen LogP contribution in [0.4, 0.5) is 0 Å². The third kappa shape index (κ3) is 6.96. The third-order valence-corrected chi connectivity index (χ3v) is 7.29. The zero-order valence-corrected chi connectivity index (χ0v) is 27.9. The first-order valence-electron chi connectivity index (χ1n) is 17.1. The molecule has 0 bridgehead atoms. The Kier molecular flexibility index (Phi) is 8.10. The summed E-state index contributed by atoms with van der Waals surface area (Å²) < 4.78 is 47.3. The van der Waals surface area contributed by atoms with E-state index in [2.05, 4.69) is 48.1 Å². The summed E-state index contributed by atoms with van der Waals surface area (Å²) >= 11 is 0. The average molecular weight is 771 g/mol. The molecule has 4 aromatic heterocycles. The molecule has 4 nitrogen and oxygen atoms in total. The van der Waals surface area contributed by atoms with Gasteiger partial charge < -0.3 is 14.4 Å². The summed E-state index contributed by atoms with van der Waals surface area (Å²) in [6.45, 7) is 5.08. The summed E-state index contributed by atoms with van der Waals surface area (Å²) in [6.07, 6.45) is 1.17. The van der Waals surface area contributed by atoms with E-state index in [0.717, 1.165) is 44.4 Å². The monoisotopic (exact) mass is 771 g/mol. The van der Waals surface area contributed by atoms with Crippen LogP contribution in [0.3, 0.4) is 0 Å². The van der Waals surface area contributed by atoms with Gasteiger partial charge >= 0.3 is 0 Å². The van der Waals surface area contributed by atoms with Gasteiger partial charge in [-0.25, -0.2) is 4.98 Å². The number of hydrogen-bond donors (Lipinski definition) is 0. The Morgan fingerprint density at radius 2 is 1.62 bits per heavy atom. The van der Waals surface area contributed by atoms with E-state index in [1.54, 1.807) is 26.1 Å². The van der Waals surface area contributed by atoms with Crippen LogP contribution in [0.15, 0.2) is 108 Å². The zero-order valence-electron chi connectivity index (χ0n) is 30.5. The summed E-state index contributed by atoms with van der Waals surface area (Å²) in [5.74, 6) is -0.442. The van der Waals surface area contributed by atoms with Crippen molar-refractivity contribution in [3.05, 3.63) is 138 Å². The first kappa shape index (κ1) is 25.8. The van der Waals surface area contributed by atoms with Crippen LogP contribution in [0, 0.1) is 38.8 Å². The minimum Gasteiger partial charge on any atom is -0.486 e. The van der Waals surface area contributed by atoms with Crippen molar-refractivity contribution in [1.29, 1.82) is 0 Å². The quantitative estimate of drug-likeness (QED) is 0.164. The van der Waals surface area contributed by atoms with Gasteiger partial charge in [0.25, 0.3) is 0 Å². The summed E-state index contributed by atoms with van der Waals surface area (Å²) in [6, 6.07) is 35.3. The molecule has 7 rings (SSSR count).